The summed E-state index contributed by atoms with van der Waals surface area (Å²) in [4.78, 5) is 18.3. The van der Waals surface area contributed by atoms with E-state index in [2.05, 4.69) is 20.6 Å². The van der Waals surface area contributed by atoms with Crippen LogP contribution in [0.15, 0.2) is 42.6 Å². The molecular formula is C18H13F3N6O2. The number of hydrogen-bond donors (Lipinski definition) is 2. The number of alkyl halides is 3. The summed E-state index contributed by atoms with van der Waals surface area (Å²) < 4.78 is 38.9. The highest BCUT2D eigenvalue weighted by Gasteiger charge is 2.33. The molecule has 0 atom stereocenters. The van der Waals surface area contributed by atoms with E-state index in [4.69, 9.17) is 0 Å². The molecule has 0 aliphatic carbocycles. The molecule has 0 amide bonds. The Morgan fingerprint density at radius 1 is 1.17 bits per heavy atom. The summed E-state index contributed by atoms with van der Waals surface area (Å²) in [6, 6.07) is 9.51. The first kappa shape index (κ1) is 19.8. The number of nitriles is 1. The van der Waals surface area contributed by atoms with Gasteiger partial charge in [-0.3, -0.25) is 10.1 Å². The van der Waals surface area contributed by atoms with Gasteiger partial charge in [0.05, 0.1) is 27.6 Å². The van der Waals surface area contributed by atoms with Gasteiger partial charge in [-0.15, -0.1) is 0 Å². The summed E-state index contributed by atoms with van der Waals surface area (Å²) in [7, 11) is 0. The lowest BCUT2D eigenvalue weighted by atomic mass is 10.1. The summed E-state index contributed by atoms with van der Waals surface area (Å²) >= 11 is 0. The van der Waals surface area contributed by atoms with Gasteiger partial charge in [-0.2, -0.15) is 18.4 Å². The van der Waals surface area contributed by atoms with Gasteiger partial charge in [0.1, 0.15) is 11.6 Å². The minimum atomic E-state index is -4.52. The van der Waals surface area contributed by atoms with Gasteiger partial charge in [0.15, 0.2) is 0 Å². The van der Waals surface area contributed by atoms with Crippen molar-refractivity contribution in [3.05, 3.63) is 63.8 Å². The summed E-state index contributed by atoms with van der Waals surface area (Å²) in [5.41, 5.74) is -0.443. The minimum Gasteiger partial charge on any atom is -0.368 e. The lowest BCUT2D eigenvalue weighted by Crippen LogP contribution is -2.18. The van der Waals surface area contributed by atoms with E-state index in [0.29, 0.717) is 16.7 Å². The number of nitro groups is 1. The Bertz CT molecular complexity index is 1110. The normalized spacial score (nSPS) is 11.1. The average Bonchev–Trinajstić information content (AvgIpc) is 2.69. The standard InChI is InChI=1S/C18H13F3N6O2/c19-18(20,21)14-2-1-5-24-17(14)25-7-6-23-16-8-11(10-22)13-9-12(27(28)29)3-4-15(13)26-16/h1-5,8-9H,6-7H2,(H,23,26)(H,24,25). The van der Waals surface area contributed by atoms with Crippen molar-refractivity contribution >= 4 is 28.2 Å². The molecule has 29 heavy (non-hydrogen) atoms. The Kier molecular flexibility index (Phi) is 5.45. The molecule has 0 spiro atoms. The van der Waals surface area contributed by atoms with Gasteiger partial charge in [0.25, 0.3) is 5.69 Å². The number of non-ortho nitro benzene ring substituents is 1. The smallest absolute Gasteiger partial charge is 0.368 e. The number of nitrogens with one attached hydrogen (secondary N) is 2. The third-order valence-corrected chi connectivity index (χ3v) is 3.96. The van der Waals surface area contributed by atoms with Gasteiger partial charge < -0.3 is 10.6 Å². The molecule has 0 fully saturated rings. The van der Waals surface area contributed by atoms with E-state index in [1.807, 2.05) is 6.07 Å². The van der Waals surface area contributed by atoms with Crippen LogP contribution in [-0.4, -0.2) is 28.0 Å². The van der Waals surface area contributed by atoms with E-state index < -0.39 is 16.7 Å². The second-order valence-corrected chi connectivity index (χ2v) is 5.88. The van der Waals surface area contributed by atoms with Crippen LogP contribution in [-0.2, 0) is 6.18 Å². The third-order valence-electron chi connectivity index (χ3n) is 3.96. The molecule has 2 aromatic heterocycles. The molecule has 0 radical (unpaired) electrons. The molecule has 2 N–H and O–H groups in total. The fourth-order valence-electron chi connectivity index (χ4n) is 2.66. The molecule has 3 aromatic rings. The number of nitrogens with zero attached hydrogens (tertiary/aromatic N) is 4. The Morgan fingerprint density at radius 3 is 2.62 bits per heavy atom. The van der Waals surface area contributed by atoms with Crippen LogP contribution >= 0.6 is 0 Å². The molecule has 11 heteroatoms. The molecule has 0 saturated carbocycles. The van der Waals surface area contributed by atoms with Crippen LogP contribution in [0.3, 0.4) is 0 Å². The first-order chi connectivity index (χ1) is 13.8. The molecule has 0 aliphatic heterocycles. The Morgan fingerprint density at radius 2 is 1.93 bits per heavy atom. The monoisotopic (exact) mass is 402 g/mol. The number of aromatic nitrogens is 2. The van der Waals surface area contributed by atoms with Crippen molar-refractivity contribution in [2.45, 2.75) is 6.18 Å². The maximum Gasteiger partial charge on any atom is 0.419 e. The van der Waals surface area contributed by atoms with E-state index in [1.54, 1.807) is 0 Å². The molecule has 0 aliphatic rings. The number of anilines is 2. The van der Waals surface area contributed by atoms with Crippen molar-refractivity contribution in [1.29, 1.82) is 5.26 Å². The first-order valence-corrected chi connectivity index (χ1v) is 8.29. The fourth-order valence-corrected chi connectivity index (χ4v) is 2.66. The highest BCUT2D eigenvalue weighted by molar-refractivity contribution is 5.88. The zero-order valence-electron chi connectivity index (χ0n) is 14.7. The van der Waals surface area contributed by atoms with Crippen LogP contribution in [0.25, 0.3) is 10.9 Å². The lowest BCUT2D eigenvalue weighted by molar-refractivity contribution is -0.384. The quantitative estimate of drug-likeness (QED) is 0.364. The maximum absolute atomic E-state index is 13.0. The summed E-state index contributed by atoms with van der Waals surface area (Å²) in [5.74, 6) is 0.0417. The Balaban J connectivity index is 1.71. The lowest BCUT2D eigenvalue weighted by Gasteiger charge is -2.13. The number of benzene rings is 1. The van der Waals surface area contributed by atoms with Gasteiger partial charge in [-0.05, 0) is 24.3 Å². The molecule has 3 rings (SSSR count). The molecule has 0 unspecified atom stereocenters. The summed E-state index contributed by atoms with van der Waals surface area (Å²) in [6.45, 7) is 0.312. The number of pyridine rings is 2. The summed E-state index contributed by atoms with van der Waals surface area (Å²) in [5, 5.41) is 26.1. The number of rotatable bonds is 6. The second-order valence-electron chi connectivity index (χ2n) is 5.88. The van der Waals surface area contributed by atoms with E-state index in [1.165, 1.54) is 36.5 Å². The third kappa shape index (κ3) is 4.49. The van der Waals surface area contributed by atoms with Crippen molar-refractivity contribution in [3.8, 4) is 6.07 Å². The largest absolute Gasteiger partial charge is 0.419 e. The van der Waals surface area contributed by atoms with Crippen LogP contribution in [0.4, 0.5) is 30.5 Å². The van der Waals surface area contributed by atoms with Gasteiger partial charge in [0, 0.05) is 36.8 Å². The first-order valence-electron chi connectivity index (χ1n) is 8.29. The van der Waals surface area contributed by atoms with Crippen molar-refractivity contribution < 1.29 is 18.1 Å². The highest BCUT2D eigenvalue weighted by atomic mass is 19.4. The van der Waals surface area contributed by atoms with Crippen molar-refractivity contribution in [1.82, 2.24) is 9.97 Å². The number of fused-ring (bicyclic) bond motifs is 1. The fraction of sp³-hybridized carbons (Fsp3) is 0.167. The predicted octanol–water partition coefficient (Wildman–Crippen LogP) is 3.95. The zero-order valence-corrected chi connectivity index (χ0v) is 14.7. The number of nitro benzene ring substituents is 1. The van der Waals surface area contributed by atoms with Crippen LogP contribution in [0, 0.1) is 21.4 Å². The minimum absolute atomic E-state index is 0.113. The average molecular weight is 402 g/mol. The van der Waals surface area contributed by atoms with Crippen molar-refractivity contribution in [2.75, 3.05) is 23.7 Å². The van der Waals surface area contributed by atoms with Crippen LogP contribution in [0.1, 0.15) is 11.1 Å². The molecule has 0 bridgehead atoms. The SMILES string of the molecule is N#Cc1cc(NCCNc2ncccc2C(F)(F)F)nc2ccc([N+](=O)[O-])cc12. The second kappa shape index (κ2) is 7.97. The highest BCUT2D eigenvalue weighted by Crippen LogP contribution is 2.33. The van der Waals surface area contributed by atoms with E-state index >= 15 is 0 Å². The van der Waals surface area contributed by atoms with Gasteiger partial charge in [0.2, 0.25) is 0 Å². The molecule has 0 saturated heterocycles. The zero-order chi connectivity index (χ0) is 21.0. The molecule has 8 nitrogen and oxygen atoms in total. The molecule has 2 heterocycles. The van der Waals surface area contributed by atoms with E-state index in [9.17, 15) is 28.5 Å². The van der Waals surface area contributed by atoms with Crippen LogP contribution in [0.2, 0.25) is 0 Å². The Labute approximate surface area is 162 Å². The van der Waals surface area contributed by atoms with Crippen LogP contribution in [0.5, 0.6) is 0 Å². The number of hydrogen-bond acceptors (Lipinski definition) is 7. The summed E-state index contributed by atoms with van der Waals surface area (Å²) in [6.07, 6.45) is -3.26. The molecular weight excluding hydrogens is 389 g/mol. The Hall–Kier alpha value is -3.94. The van der Waals surface area contributed by atoms with E-state index in [-0.39, 0.29) is 30.2 Å². The predicted molar refractivity (Wildman–Crippen MR) is 99.3 cm³/mol. The topological polar surface area (TPSA) is 117 Å². The van der Waals surface area contributed by atoms with Crippen LogP contribution < -0.4 is 10.6 Å². The van der Waals surface area contributed by atoms with Gasteiger partial charge in [-0.25, -0.2) is 9.97 Å². The van der Waals surface area contributed by atoms with Crippen molar-refractivity contribution in [3.63, 3.8) is 0 Å². The van der Waals surface area contributed by atoms with Gasteiger partial charge in [-0.1, -0.05) is 0 Å². The maximum atomic E-state index is 13.0. The van der Waals surface area contributed by atoms with Gasteiger partial charge >= 0.3 is 6.18 Å². The molecule has 148 valence electrons. The van der Waals surface area contributed by atoms with Crippen molar-refractivity contribution in [2.24, 2.45) is 0 Å². The number of halogens is 3. The molecule has 1 aromatic carbocycles. The van der Waals surface area contributed by atoms with E-state index in [0.717, 1.165) is 6.07 Å².